The number of nitrogens with one attached hydrogen (secondary N) is 1. The first-order valence-electron chi connectivity index (χ1n) is 4.35. The molecule has 0 aliphatic heterocycles. The molecule has 5 nitrogen and oxygen atoms in total. The van der Waals surface area contributed by atoms with E-state index in [0.717, 1.165) is 6.42 Å². The first-order valence-corrected chi connectivity index (χ1v) is 4.35. The van der Waals surface area contributed by atoms with Gasteiger partial charge in [0.1, 0.15) is 0 Å². The molecule has 0 fully saturated rings. The molecule has 0 aliphatic carbocycles. The predicted molar refractivity (Wildman–Crippen MR) is 56.3 cm³/mol. The molecular formula is C9H16N4O. The van der Waals surface area contributed by atoms with Crippen LogP contribution in [0, 0.1) is 12.3 Å². The van der Waals surface area contributed by atoms with Gasteiger partial charge in [0, 0.05) is 13.5 Å². The quantitative estimate of drug-likeness (QED) is 0.232. The van der Waals surface area contributed by atoms with Crippen LogP contribution in [0.5, 0.6) is 0 Å². The van der Waals surface area contributed by atoms with Crippen molar-refractivity contribution in [1.29, 1.82) is 0 Å². The normalized spacial score (nSPS) is 11.1. The van der Waals surface area contributed by atoms with Gasteiger partial charge in [-0.15, -0.1) is 6.42 Å². The lowest BCUT2D eigenvalue weighted by molar-refractivity contribution is -0.119. The Morgan fingerprint density at radius 3 is 2.71 bits per heavy atom. The van der Waals surface area contributed by atoms with E-state index in [9.17, 15) is 4.79 Å². The maximum atomic E-state index is 10.7. The lowest BCUT2D eigenvalue weighted by Crippen LogP contribution is -2.31. The molecule has 0 aliphatic rings. The molecule has 5 heteroatoms. The van der Waals surface area contributed by atoms with Crippen LogP contribution in [0.4, 0.5) is 0 Å². The monoisotopic (exact) mass is 196 g/mol. The Hall–Kier alpha value is -1.70. The van der Waals surface area contributed by atoms with E-state index < -0.39 is 0 Å². The molecule has 0 rings (SSSR count). The molecule has 1 atom stereocenters. The second-order valence-electron chi connectivity index (χ2n) is 2.87. The van der Waals surface area contributed by atoms with Crippen molar-refractivity contribution in [2.45, 2.75) is 25.8 Å². The molecule has 0 saturated heterocycles. The van der Waals surface area contributed by atoms with Gasteiger partial charge in [-0.1, -0.05) is 5.92 Å². The highest BCUT2D eigenvalue weighted by molar-refractivity contribution is 5.75. The Morgan fingerprint density at radius 1 is 1.64 bits per heavy atom. The summed E-state index contributed by atoms with van der Waals surface area (Å²) in [4.78, 5) is 14.5. The molecule has 0 aromatic heterocycles. The summed E-state index contributed by atoms with van der Waals surface area (Å²) in [6.45, 7) is 1.96. The van der Waals surface area contributed by atoms with E-state index in [-0.39, 0.29) is 17.9 Å². The fourth-order valence-corrected chi connectivity index (χ4v) is 0.946. The largest absolute Gasteiger partial charge is 0.370 e. The number of carbonyl (C=O) groups excluding carboxylic acids is 1. The third-order valence-electron chi connectivity index (χ3n) is 1.52. The van der Waals surface area contributed by atoms with Crippen LogP contribution in [0.15, 0.2) is 4.99 Å². The summed E-state index contributed by atoms with van der Waals surface area (Å²) in [5.74, 6) is 2.42. The maximum absolute atomic E-state index is 10.7. The highest BCUT2D eigenvalue weighted by atomic mass is 16.1. The molecule has 0 spiro atoms. The van der Waals surface area contributed by atoms with Gasteiger partial charge in [-0.3, -0.25) is 9.79 Å². The zero-order chi connectivity index (χ0) is 11.0. The minimum atomic E-state index is -0.235. The Bertz CT molecular complexity index is 250. The first kappa shape index (κ1) is 12.3. The van der Waals surface area contributed by atoms with Crippen molar-refractivity contribution in [1.82, 2.24) is 5.32 Å². The van der Waals surface area contributed by atoms with Crippen LogP contribution >= 0.6 is 0 Å². The van der Waals surface area contributed by atoms with Crippen molar-refractivity contribution in [3.63, 3.8) is 0 Å². The highest BCUT2D eigenvalue weighted by Crippen LogP contribution is 1.96. The molecule has 5 N–H and O–H groups in total. The van der Waals surface area contributed by atoms with Crippen molar-refractivity contribution >= 4 is 11.9 Å². The molecule has 0 aromatic rings. The van der Waals surface area contributed by atoms with Gasteiger partial charge in [-0.25, -0.2) is 0 Å². The van der Waals surface area contributed by atoms with E-state index in [1.165, 1.54) is 6.92 Å². The van der Waals surface area contributed by atoms with Gasteiger partial charge in [0.15, 0.2) is 5.96 Å². The zero-order valence-corrected chi connectivity index (χ0v) is 8.29. The molecule has 0 radical (unpaired) electrons. The van der Waals surface area contributed by atoms with Crippen LogP contribution in [-0.4, -0.2) is 24.5 Å². The van der Waals surface area contributed by atoms with Crippen molar-refractivity contribution in [3.8, 4) is 12.3 Å². The summed E-state index contributed by atoms with van der Waals surface area (Å²) in [6, 6.07) is -0.235. The number of hydrogen-bond acceptors (Lipinski definition) is 2. The van der Waals surface area contributed by atoms with E-state index in [1.807, 2.05) is 0 Å². The van der Waals surface area contributed by atoms with Crippen LogP contribution in [0.1, 0.15) is 19.8 Å². The van der Waals surface area contributed by atoms with Crippen LogP contribution in [0.25, 0.3) is 0 Å². The molecule has 0 aromatic carbocycles. The second-order valence-corrected chi connectivity index (χ2v) is 2.87. The second kappa shape index (κ2) is 6.78. The third-order valence-corrected chi connectivity index (χ3v) is 1.52. The summed E-state index contributed by atoms with van der Waals surface area (Å²) >= 11 is 0. The van der Waals surface area contributed by atoms with E-state index in [0.29, 0.717) is 13.0 Å². The minimum Gasteiger partial charge on any atom is -0.370 e. The van der Waals surface area contributed by atoms with Gasteiger partial charge in [0.25, 0.3) is 0 Å². The fraction of sp³-hybridized carbons (Fsp3) is 0.556. The molecule has 0 bridgehead atoms. The molecule has 14 heavy (non-hydrogen) atoms. The van der Waals surface area contributed by atoms with Crippen molar-refractivity contribution in [2.75, 3.05) is 6.54 Å². The smallest absolute Gasteiger partial charge is 0.217 e. The van der Waals surface area contributed by atoms with Gasteiger partial charge in [0.05, 0.1) is 6.04 Å². The number of amides is 1. The Morgan fingerprint density at radius 2 is 2.29 bits per heavy atom. The fourth-order valence-electron chi connectivity index (χ4n) is 0.946. The van der Waals surface area contributed by atoms with E-state index in [2.05, 4.69) is 16.2 Å². The van der Waals surface area contributed by atoms with E-state index in [1.54, 1.807) is 0 Å². The van der Waals surface area contributed by atoms with E-state index >= 15 is 0 Å². The van der Waals surface area contributed by atoms with Gasteiger partial charge >= 0.3 is 0 Å². The van der Waals surface area contributed by atoms with Gasteiger partial charge in [-0.2, -0.15) is 0 Å². The highest BCUT2D eigenvalue weighted by Gasteiger charge is 2.04. The van der Waals surface area contributed by atoms with Crippen molar-refractivity contribution in [3.05, 3.63) is 0 Å². The SMILES string of the molecule is C#CC(CCCN=C(N)N)NC(C)=O. The van der Waals surface area contributed by atoms with Gasteiger partial charge in [0.2, 0.25) is 5.91 Å². The Balaban J connectivity index is 3.70. The van der Waals surface area contributed by atoms with Crippen molar-refractivity contribution < 1.29 is 4.79 Å². The van der Waals surface area contributed by atoms with Crippen LogP contribution in [-0.2, 0) is 4.79 Å². The summed E-state index contributed by atoms with van der Waals surface area (Å²) in [7, 11) is 0. The summed E-state index contributed by atoms with van der Waals surface area (Å²) in [6.07, 6.45) is 6.63. The lowest BCUT2D eigenvalue weighted by atomic mass is 10.1. The molecular weight excluding hydrogens is 180 g/mol. The number of terminal acetylenes is 1. The van der Waals surface area contributed by atoms with Gasteiger partial charge in [-0.05, 0) is 12.8 Å². The number of hydrogen-bond donors (Lipinski definition) is 3. The number of carbonyl (C=O) groups is 1. The number of nitrogens with zero attached hydrogens (tertiary/aromatic N) is 1. The first-order chi connectivity index (χ1) is 6.56. The lowest BCUT2D eigenvalue weighted by Gasteiger charge is -2.09. The van der Waals surface area contributed by atoms with Crippen LogP contribution in [0.3, 0.4) is 0 Å². The number of aliphatic imine (C=N–C) groups is 1. The average molecular weight is 196 g/mol. The number of nitrogens with two attached hydrogens (primary N) is 2. The Labute approximate surface area is 83.9 Å². The molecule has 0 saturated carbocycles. The number of guanidine groups is 1. The summed E-state index contributed by atoms with van der Waals surface area (Å²) < 4.78 is 0. The number of rotatable bonds is 5. The average Bonchev–Trinajstić information content (AvgIpc) is 2.09. The maximum Gasteiger partial charge on any atom is 0.217 e. The minimum absolute atomic E-state index is 0.0711. The molecule has 1 unspecified atom stereocenters. The standard InChI is InChI=1S/C9H16N4O/c1-3-8(13-7(2)14)5-4-6-12-9(10)11/h1,8H,4-6H2,2H3,(H,13,14)(H4,10,11,12). The summed E-state index contributed by atoms with van der Waals surface area (Å²) in [5, 5.41) is 2.63. The molecule has 0 heterocycles. The van der Waals surface area contributed by atoms with Crippen LogP contribution < -0.4 is 16.8 Å². The van der Waals surface area contributed by atoms with Crippen LogP contribution in [0.2, 0.25) is 0 Å². The zero-order valence-electron chi connectivity index (χ0n) is 8.29. The topological polar surface area (TPSA) is 93.5 Å². The van der Waals surface area contributed by atoms with E-state index in [4.69, 9.17) is 17.9 Å². The predicted octanol–water partition coefficient (Wildman–Crippen LogP) is -0.822. The van der Waals surface area contributed by atoms with Crippen molar-refractivity contribution in [2.24, 2.45) is 16.5 Å². The summed E-state index contributed by atoms with van der Waals surface area (Å²) in [5.41, 5.74) is 10.3. The molecule has 1 amide bonds. The van der Waals surface area contributed by atoms with Gasteiger partial charge < -0.3 is 16.8 Å². The Kier molecular flexibility index (Phi) is 5.95. The molecule has 78 valence electrons. The third kappa shape index (κ3) is 6.98.